The first-order valence-corrected chi connectivity index (χ1v) is 7.82. The van der Waals surface area contributed by atoms with Crippen LogP contribution in [0.15, 0.2) is 0 Å². The monoisotopic (exact) mass is 232 g/mol. The van der Waals surface area contributed by atoms with Gasteiger partial charge in [-0.2, -0.15) is 23.5 Å². The van der Waals surface area contributed by atoms with Crippen molar-refractivity contribution in [3.8, 4) is 0 Å². The van der Waals surface area contributed by atoms with Crippen molar-refractivity contribution in [1.82, 2.24) is 9.80 Å². The molecule has 0 aliphatic carbocycles. The summed E-state index contributed by atoms with van der Waals surface area (Å²) in [5.41, 5.74) is 0. The van der Waals surface area contributed by atoms with Crippen LogP contribution < -0.4 is 0 Å². The van der Waals surface area contributed by atoms with Gasteiger partial charge in [0.05, 0.1) is 6.17 Å². The molecule has 0 N–H and O–H groups in total. The summed E-state index contributed by atoms with van der Waals surface area (Å²) < 4.78 is 0. The lowest BCUT2D eigenvalue weighted by Gasteiger charge is -2.40. The van der Waals surface area contributed by atoms with Crippen LogP contribution >= 0.6 is 23.5 Å². The minimum absolute atomic E-state index is 0.678. The van der Waals surface area contributed by atoms with Crippen molar-refractivity contribution in [3.63, 3.8) is 0 Å². The molecule has 0 aromatic rings. The van der Waals surface area contributed by atoms with Crippen molar-refractivity contribution in [1.29, 1.82) is 0 Å². The molecule has 2 saturated heterocycles. The smallest absolute Gasteiger partial charge is 0.0594 e. The topological polar surface area (TPSA) is 6.48 Å². The summed E-state index contributed by atoms with van der Waals surface area (Å²) in [5, 5.41) is 0. The summed E-state index contributed by atoms with van der Waals surface area (Å²) >= 11 is 4.20. The molecule has 2 aliphatic rings. The Balaban J connectivity index is 1.82. The minimum Gasteiger partial charge on any atom is -0.286 e. The molecule has 0 unspecified atom stereocenters. The first kappa shape index (κ1) is 11.1. The van der Waals surface area contributed by atoms with Gasteiger partial charge in [-0.15, -0.1) is 0 Å². The molecule has 0 aromatic carbocycles. The van der Waals surface area contributed by atoms with E-state index in [-0.39, 0.29) is 0 Å². The molecule has 2 rings (SSSR count). The summed E-state index contributed by atoms with van der Waals surface area (Å²) in [7, 11) is 0. The highest BCUT2D eigenvalue weighted by Gasteiger charge is 2.23. The fourth-order valence-corrected chi connectivity index (χ4v) is 4.00. The fraction of sp³-hybridized carbons (Fsp3) is 1.00. The summed E-state index contributed by atoms with van der Waals surface area (Å²) in [5.74, 6) is 5.31. The van der Waals surface area contributed by atoms with Crippen LogP contribution in [0.5, 0.6) is 0 Å². The Kier molecular flexibility index (Phi) is 4.47. The zero-order valence-electron chi connectivity index (χ0n) is 8.95. The Morgan fingerprint density at radius 3 is 1.50 bits per heavy atom. The third-order valence-electron chi connectivity index (χ3n) is 3.15. The van der Waals surface area contributed by atoms with E-state index in [0.717, 1.165) is 0 Å². The Hall–Kier alpha value is 0.620. The van der Waals surface area contributed by atoms with Crippen molar-refractivity contribution in [2.24, 2.45) is 0 Å². The quantitative estimate of drug-likeness (QED) is 0.710. The molecule has 0 aromatic heterocycles. The van der Waals surface area contributed by atoms with Crippen LogP contribution in [-0.2, 0) is 0 Å². The Labute approximate surface area is 95.8 Å². The molecule has 2 aliphatic heterocycles. The Bertz CT molecular complexity index is 148. The van der Waals surface area contributed by atoms with Crippen LogP contribution in [0, 0.1) is 0 Å². The van der Waals surface area contributed by atoms with E-state index in [0.29, 0.717) is 6.17 Å². The zero-order valence-corrected chi connectivity index (χ0v) is 10.6. The van der Waals surface area contributed by atoms with Crippen LogP contribution in [0.25, 0.3) is 0 Å². The first-order valence-electron chi connectivity index (χ1n) is 5.51. The average molecular weight is 232 g/mol. The van der Waals surface area contributed by atoms with Crippen LogP contribution in [-0.4, -0.2) is 65.2 Å². The van der Waals surface area contributed by atoms with Gasteiger partial charge in [0.25, 0.3) is 0 Å². The fourth-order valence-electron chi connectivity index (χ4n) is 2.13. The molecule has 2 fully saturated rings. The summed E-state index contributed by atoms with van der Waals surface area (Å²) in [6.07, 6.45) is 0.678. The summed E-state index contributed by atoms with van der Waals surface area (Å²) in [4.78, 5) is 5.29. The molecule has 0 radical (unpaired) electrons. The van der Waals surface area contributed by atoms with E-state index in [4.69, 9.17) is 0 Å². The van der Waals surface area contributed by atoms with E-state index in [1.54, 1.807) is 0 Å². The van der Waals surface area contributed by atoms with Gasteiger partial charge in [-0.3, -0.25) is 9.80 Å². The van der Waals surface area contributed by atoms with E-state index in [2.05, 4.69) is 40.2 Å². The van der Waals surface area contributed by atoms with Gasteiger partial charge in [-0.05, 0) is 6.92 Å². The van der Waals surface area contributed by atoms with Gasteiger partial charge in [-0.25, -0.2) is 0 Å². The second kappa shape index (κ2) is 5.64. The SMILES string of the molecule is CC(N1CCSCC1)N1CCSCC1. The Morgan fingerprint density at radius 1 is 0.786 bits per heavy atom. The number of hydrogen-bond acceptors (Lipinski definition) is 4. The Morgan fingerprint density at radius 2 is 1.14 bits per heavy atom. The van der Waals surface area contributed by atoms with E-state index in [9.17, 15) is 0 Å². The molecule has 2 nitrogen and oxygen atoms in total. The molecular weight excluding hydrogens is 212 g/mol. The summed E-state index contributed by atoms with van der Waals surface area (Å²) in [6.45, 7) is 7.53. The second-order valence-corrected chi connectivity index (χ2v) is 6.38. The van der Waals surface area contributed by atoms with Crippen LogP contribution in [0.3, 0.4) is 0 Å². The van der Waals surface area contributed by atoms with Gasteiger partial charge in [0.2, 0.25) is 0 Å². The van der Waals surface area contributed by atoms with Gasteiger partial charge in [0.15, 0.2) is 0 Å². The van der Waals surface area contributed by atoms with Gasteiger partial charge >= 0.3 is 0 Å². The van der Waals surface area contributed by atoms with Crippen molar-refractivity contribution in [3.05, 3.63) is 0 Å². The minimum atomic E-state index is 0.678. The maximum absolute atomic E-state index is 2.65. The average Bonchev–Trinajstić information content (AvgIpc) is 2.30. The lowest BCUT2D eigenvalue weighted by Crippen LogP contribution is -2.52. The summed E-state index contributed by atoms with van der Waals surface area (Å²) in [6, 6.07) is 0. The van der Waals surface area contributed by atoms with Crippen molar-refractivity contribution in [2.45, 2.75) is 13.1 Å². The highest BCUT2D eigenvalue weighted by atomic mass is 32.2. The number of hydrogen-bond donors (Lipinski definition) is 0. The predicted octanol–water partition coefficient (Wildman–Crippen LogP) is 1.43. The number of rotatable bonds is 2. The first-order chi connectivity index (χ1) is 6.88. The van der Waals surface area contributed by atoms with Gasteiger partial charge in [-0.1, -0.05) is 0 Å². The van der Waals surface area contributed by atoms with Gasteiger partial charge in [0, 0.05) is 49.2 Å². The standard InChI is InChI=1S/C10H20N2S2/c1-10(11-2-6-13-7-3-11)12-4-8-14-9-5-12/h10H,2-9H2,1H3. The van der Waals surface area contributed by atoms with Crippen molar-refractivity contribution >= 4 is 23.5 Å². The van der Waals surface area contributed by atoms with Crippen molar-refractivity contribution < 1.29 is 0 Å². The molecule has 0 bridgehead atoms. The van der Waals surface area contributed by atoms with Crippen LogP contribution in [0.1, 0.15) is 6.92 Å². The molecular formula is C10H20N2S2. The highest BCUT2D eigenvalue weighted by Crippen LogP contribution is 2.17. The molecule has 4 heteroatoms. The molecule has 82 valence electrons. The van der Waals surface area contributed by atoms with E-state index < -0.39 is 0 Å². The highest BCUT2D eigenvalue weighted by molar-refractivity contribution is 7.99. The third kappa shape index (κ3) is 2.81. The third-order valence-corrected chi connectivity index (χ3v) is 5.03. The maximum Gasteiger partial charge on any atom is 0.0594 e. The molecule has 0 amide bonds. The van der Waals surface area contributed by atoms with E-state index in [1.807, 2.05) is 0 Å². The second-order valence-electron chi connectivity index (χ2n) is 3.93. The maximum atomic E-state index is 2.65. The molecule has 14 heavy (non-hydrogen) atoms. The van der Waals surface area contributed by atoms with Gasteiger partial charge in [0.1, 0.15) is 0 Å². The van der Waals surface area contributed by atoms with Gasteiger partial charge < -0.3 is 0 Å². The molecule has 0 saturated carbocycles. The molecule has 0 atom stereocenters. The zero-order chi connectivity index (χ0) is 9.80. The van der Waals surface area contributed by atoms with E-state index in [1.165, 1.54) is 49.2 Å². The van der Waals surface area contributed by atoms with Crippen LogP contribution in [0.2, 0.25) is 0 Å². The molecule has 2 heterocycles. The largest absolute Gasteiger partial charge is 0.286 e. The lowest BCUT2D eigenvalue weighted by atomic mass is 10.3. The lowest BCUT2D eigenvalue weighted by molar-refractivity contribution is 0.0706. The molecule has 0 spiro atoms. The normalized spacial score (nSPS) is 27.0. The predicted molar refractivity (Wildman–Crippen MR) is 67.3 cm³/mol. The number of nitrogens with zero attached hydrogens (tertiary/aromatic N) is 2. The van der Waals surface area contributed by atoms with Crippen LogP contribution in [0.4, 0.5) is 0 Å². The number of thioether (sulfide) groups is 2. The van der Waals surface area contributed by atoms with Crippen molar-refractivity contribution in [2.75, 3.05) is 49.2 Å². The van der Waals surface area contributed by atoms with E-state index >= 15 is 0 Å².